The van der Waals surface area contributed by atoms with Crippen LogP contribution in [0.15, 0.2) is 23.2 Å². The topological polar surface area (TPSA) is 87.5 Å². The molecule has 2 aliphatic heterocycles. The third-order valence-corrected chi connectivity index (χ3v) is 8.30. The van der Waals surface area contributed by atoms with Gasteiger partial charge in [-0.15, -0.1) is 0 Å². The number of ketones is 1. The van der Waals surface area contributed by atoms with Gasteiger partial charge in [0.2, 0.25) is 0 Å². The number of rotatable bonds is 13. The number of hydrogen-bond donors (Lipinski definition) is 0. The number of aliphatic imine (C=N–C) groups is 1. The first-order valence-corrected chi connectivity index (χ1v) is 14.1. The summed E-state index contributed by atoms with van der Waals surface area (Å²) in [5.74, 6) is 1.41. The summed E-state index contributed by atoms with van der Waals surface area (Å²) in [6.45, 7) is 5.08. The van der Waals surface area contributed by atoms with Crippen LogP contribution in [0.25, 0.3) is 0 Å². The standard InChI is InChI=1S/C25H37Cl2N3O2S2.O.Re/c1-2-23(31)25-19(17-4-6-20(26)21(27)14-17)15-18-5-7-22(25)30(18)10-3-9-29(11-13-34)16-24(32)28-8-12-33;;/h4,6,14,18-19,22,25,33-34H,2-3,5,7-13,15-16H2,1H3,(H,28,32);;/q;-2;/p-3. The van der Waals surface area contributed by atoms with Gasteiger partial charge in [0.1, 0.15) is 5.78 Å². The van der Waals surface area contributed by atoms with Crippen LogP contribution < -0.4 is 5.11 Å². The van der Waals surface area contributed by atoms with Crippen LogP contribution in [0.4, 0.5) is 0 Å². The van der Waals surface area contributed by atoms with Crippen molar-refractivity contribution < 1.29 is 35.8 Å². The maximum atomic E-state index is 13.1. The molecule has 2 heterocycles. The van der Waals surface area contributed by atoms with Gasteiger partial charge in [0, 0.05) is 57.9 Å². The van der Waals surface area contributed by atoms with Crippen LogP contribution in [0.5, 0.6) is 0 Å². The number of hydrogen-bond acceptors (Lipinski definition) is 7. The molecule has 2 aliphatic rings. The van der Waals surface area contributed by atoms with Crippen LogP contribution in [-0.4, -0.2) is 77.8 Å². The van der Waals surface area contributed by atoms with E-state index < -0.39 is 0 Å². The second kappa shape index (κ2) is 17.0. The van der Waals surface area contributed by atoms with Crippen LogP contribution in [0.3, 0.4) is 0 Å². The van der Waals surface area contributed by atoms with E-state index in [1.54, 1.807) is 0 Å². The van der Waals surface area contributed by atoms with Gasteiger partial charge in [-0.25, -0.2) is 0 Å². The first-order chi connectivity index (χ1) is 16.4. The summed E-state index contributed by atoms with van der Waals surface area (Å²) in [5, 5.41) is 13.2. The molecule has 0 aromatic heterocycles. The van der Waals surface area contributed by atoms with Crippen LogP contribution >= 0.6 is 23.2 Å². The summed E-state index contributed by atoms with van der Waals surface area (Å²) >= 11 is 22.5. The van der Waals surface area contributed by atoms with Crippen molar-refractivity contribution in [3.05, 3.63) is 33.8 Å². The van der Waals surface area contributed by atoms with Gasteiger partial charge in [-0.1, -0.05) is 36.2 Å². The number of piperidine rings is 1. The summed E-state index contributed by atoms with van der Waals surface area (Å²) in [5.41, 5.74) is 1.12. The smallest absolute Gasteiger partial charge is 0.137 e. The third-order valence-electron chi connectivity index (χ3n) is 7.19. The first kappa shape index (κ1) is 34.2. The monoisotopic (exact) mass is 745 g/mol. The normalized spacial score (nSPS) is 23.9. The minimum absolute atomic E-state index is 0. The molecule has 0 saturated carbocycles. The predicted molar refractivity (Wildman–Crippen MR) is 145 cm³/mol. The molecule has 4 atom stereocenters. The summed E-state index contributed by atoms with van der Waals surface area (Å²) < 4.78 is 0. The van der Waals surface area contributed by atoms with E-state index in [1.807, 2.05) is 25.1 Å². The van der Waals surface area contributed by atoms with Crippen molar-refractivity contribution >= 4 is 60.1 Å². The molecule has 0 N–H and O–H groups in total. The molecule has 0 aliphatic carbocycles. The van der Waals surface area contributed by atoms with Gasteiger partial charge >= 0.3 is 0 Å². The molecular formula is C25H34Cl2N3O3ReS2-5. The first-order valence-electron chi connectivity index (χ1n) is 12.2. The Labute approximate surface area is 250 Å². The van der Waals surface area contributed by atoms with Gasteiger partial charge in [0.15, 0.2) is 0 Å². The Hall–Kier alpha value is 0.182. The summed E-state index contributed by atoms with van der Waals surface area (Å²) in [4.78, 5) is 21.8. The number of Topliss-reactive ketones (excluding diaryl/α,β-unsaturated/α-hetero) is 1. The van der Waals surface area contributed by atoms with Crippen molar-refractivity contribution in [2.24, 2.45) is 10.9 Å². The Balaban J connectivity index is 0.00000324. The summed E-state index contributed by atoms with van der Waals surface area (Å²) in [7, 11) is 0. The van der Waals surface area contributed by atoms with E-state index >= 15 is 0 Å². The Bertz CT molecular complexity index is 868. The van der Waals surface area contributed by atoms with Crippen molar-refractivity contribution in [3.8, 4) is 0 Å². The van der Waals surface area contributed by atoms with Crippen molar-refractivity contribution in [1.82, 2.24) is 9.80 Å². The van der Waals surface area contributed by atoms with E-state index in [1.165, 1.54) is 0 Å². The molecule has 4 unspecified atom stereocenters. The average molecular weight is 746 g/mol. The minimum Gasteiger partial charge on any atom is -2.00 e. The van der Waals surface area contributed by atoms with E-state index in [4.69, 9.17) is 48.5 Å². The van der Waals surface area contributed by atoms with Crippen molar-refractivity contribution in [2.75, 3.05) is 44.2 Å². The van der Waals surface area contributed by atoms with Crippen LogP contribution in [0.2, 0.25) is 10.0 Å². The quantitative estimate of drug-likeness (QED) is 0.175. The van der Waals surface area contributed by atoms with Gasteiger partial charge in [-0.05, 0) is 74.8 Å². The van der Waals surface area contributed by atoms with Crippen LogP contribution in [-0.2, 0) is 56.0 Å². The Morgan fingerprint density at radius 3 is 2.58 bits per heavy atom. The molecule has 2 fully saturated rings. The number of halogens is 2. The predicted octanol–water partition coefficient (Wildman–Crippen LogP) is 3.33. The van der Waals surface area contributed by atoms with E-state index in [2.05, 4.69) is 14.8 Å². The minimum atomic E-state index is -0.121. The van der Waals surface area contributed by atoms with Gasteiger partial charge < -0.3 is 45.7 Å². The van der Waals surface area contributed by atoms with Gasteiger partial charge in [0.25, 0.3) is 0 Å². The zero-order chi connectivity index (χ0) is 24.7. The van der Waals surface area contributed by atoms with Gasteiger partial charge in [0.05, 0.1) is 10.0 Å². The van der Waals surface area contributed by atoms with Crippen molar-refractivity contribution in [2.45, 2.75) is 57.0 Å². The second-order valence-electron chi connectivity index (χ2n) is 9.21. The summed E-state index contributed by atoms with van der Waals surface area (Å²) in [6.07, 6.45) is 4.60. The van der Waals surface area contributed by atoms with Crippen LogP contribution in [0.1, 0.15) is 50.5 Å². The Morgan fingerprint density at radius 2 is 1.94 bits per heavy atom. The average Bonchev–Trinajstić information content (AvgIpc) is 3.09. The summed E-state index contributed by atoms with van der Waals surface area (Å²) in [6, 6.07) is 6.53. The van der Waals surface area contributed by atoms with Gasteiger partial charge in [-0.2, -0.15) is 11.5 Å². The van der Waals surface area contributed by atoms with Crippen LogP contribution in [0, 0.1) is 5.92 Å². The number of benzene rings is 1. The fourth-order valence-electron chi connectivity index (χ4n) is 5.71. The van der Waals surface area contributed by atoms with E-state index in [-0.39, 0.29) is 49.7 Å². The molecule has 1 radical (unpaired) electrons. The zero-order valence-electron chi connectivity index (χ0n) is 20.5. The molecule has 11 heteroatoms. The zero-order valence-corrected chi connectivity index (χ0v) is 26.4. The third kappa shape index (κ3) is 8.86. The molecule has 0 amide bonds. The molecular weight excluding hydrogens is 712 g/mol. The van der Waals surface area contributed by atoms with E-state index in [0.29, 0.717) is 59.4 Å². The molecule has 6 nitrogen and oxygen atoms in total. The molecule has 2 bridgehead atoms. The van der Waals surface area contributed by atoms with Crippen molar-refractivity contribution in [3.63, 3.8) is 0 Å². The second-order valence-corrected chi connectivity index (χ2v) is 10.8. The molecule has 1 aromatic rings. The van der Waals surface area contributed by atoms with Gasteiger partial charge in [-0.3, -0.25) is 9.69 Å². The number of fused-ring (bicyclic) bond motifs is 2. The molecule has 36 heavy (non-hydrogen) atoms. The molecule has 1 aromatic carbocycles. The maximum Gasteiger partial charge on any atom is 0.137 e. The molecule has 205 valence electrons. The van der Waals surface area contributed by atoms with E-state index in [0.717, 1.165) is 44.3 Å². The number of carbonyl (C=O) groups is 1. The Kier molecular flexibility index (Phi) is 16.1. The fraction of sp³-hybridized carbons (Fsp3) is 0.680. The fourth-order valence-corrected chi connectivity index (χ4v) is 6.37. The maximum absolute atomic E-state index is 13.1. The molecule has 2 saturated heterocycles. The van der Waals surface area contributed by atoms with E-state index in [9.17, 15) is 9.90 Å². The van der Waals surface area contributed by atoms with Crippen molar-refractivity contribution in [1.29, 1.82) is 0 Å². The molecule has 0 spiro atoms. The number of carbonyl (C=O) groups excluding carboxylic acids is 1. The Morgan fingerprint density at radius 1 is 1.19 bits per heavy atom. The largest absolute Gasteiger partial charge is 2.00 e. The molecule has 3 rings (SSSR count). The SMILES string of the molecule is CCC(=O)C1C(c2ccc(Cl)c(Cl)c2)CC2CCC1N2CCCN(CC[S-])CC([O-])=NCC[S-].[O-2].[Re]. The number of nitrogens with zero attached hydrogens (tertiary/aromatic N) is 3.